The molecule has 15 nitrogen and oxygen atoms in total. The smallest absolute Gasteiger partial charge is 0.475 e. The number of H-pyrrole nitrogens is 1. The minimum absolute atomic E-state index is 0.193. The quantitative estimate of drug-likeness (QED) is 0.104. The van der Waals surface area contributed by atoms with Crippen LogP contribution in [0.3, 0.4) is 0 Å². The maximum Gasteiger partial charge on any atom is 0.490 e. The van der Waals surface area contributed by atoms with Crippen LogP contribution in [-0.4, -0.2) is 87.7 Å². The number of hydrogen-bond acceptors (Lipinski definition) is 11. The molecule has 3 heterocycles. The topological polar surface area (TPSA) is 227 Å². The lowest BCUT2D eigenvalue weighted by molar-refractivity contribution is -0.192. The fraction of sp³-hybridized carbons (Fsp3) is 0.324. The Labute approximate surface area is 294 Å². The summed E-state index contributed by atoms with van der Waals surface area (Å²) in [6, 6.07) is 16.6. The standard InChI is InChI=1S/C32H34N10O3.C2HF3O2/c1-2-26(43)39-24-13-25(29(45)28(24)44)42-18-38-27-30(40-32(41-31(27)42)35-12-11-22-16-34-17-37-22)36-15-19-7-9-20(10-8-19)23-6-4-3-5-21(23)14-33;3-2(4,5)1(6)7/h3-10,16-18,24-25,28-29,44-45H,2,11-13,15H2,1H3,(H,34,37)(H,39,43)(H2,35,36,40,41);(H,6,7)/t24-,25+,28+,29-;/m0./s1. The molecule has 6 rings (SSSR count). The average Bonchev–Trinajstić information content (AvgIpc) is 3.88. The number of fused-ring (bicyclic) bond motifs is 1. The number of carbonyl (C=O) groups excluding carboxylic acids is 1. The summed E-state index contributed by atoms with van der Waals surface area (Å²) in [7, 11) is 0. The number of nitrogens with zero attached hydrogens (tertiary/aromatic N) is 6. The number of hydrogen-bond donors (Lipinski definition) is 7. The summed E-state index contributed by atoms with van der Waals surface area (Å²) in [6.07, 6.45) is -1.04. The molecular weight excluding hydrogens is 685 g/mol. The van der Waals surface area contributed by atoms with Crippen molar-refractivity contribution < 1.29 is 38.1 Å². The lowest BCUT2D eigenvalue weighted by Gasteiger charge is -2.18. The monoisotopic (exact) mass is 720 g/mol. The molecule has 1 amide bonds. The zero-order valence-corrected chi connectivity index (χ0v) is 27.7. The Kier molecular flexibility index (Phi) is 11.7. The van der Waals surface area contributed by atoms with Gasteiger partial charge in [-0.05, 0) is 29.2 Å². The summed E-state index contributed by atoms with van der Waals surface area (Å²) in [4.78, 5) is 42.2. The molecule has 0 radical (unpaired) electrons. The highest BCUT2D eigenvalue weighted by Crippen LogP contribution is 2.34. The van der Waals surface area contributed by atoms with Gasteiger partial charge in [0.2, 0.25) is 11.9 Å². The van der Waals surface area contributed by atoms with E-state index in [-0.39, 0.29) is 12.3 Å². The zero-order valence-electron chi connectivity index (χ0n) is 27.7. The van der Waals surface area contributed by atoms with Crippen LogP contribution in [0.4, 0.5) is 24.9 Å². The molecule has 272 valence electrons. The van der Waals surface area contributed by atoms with E-state index in [1.54, 1.807) is 30.2 Å². The Hall–Kier alpha value is -6.06. The van der Waals surface area contributed by atoms with Crippen molar-refractivity contribution in [1.29, 1.82) is 5.26 Å². The van der Waals surface area contributed by atoms with Gasteiger partial charge in [0.15, 0.2) is 17.0 Å². The minimum Gasteiger partial charge on any atom is -0.475 e. The summed E-state index contributed by atoms with van der Waals surface area (Å²) in [5, 5.41) is 47.7. The number of benzene rings is 2. The molecule has 1 fully saturated rings. The Morgan fingerprint density at radius 2 is 1.79 bits per heavy atom. The number of aliphatic hydroxyl groups excluding tert-OH is 2. The summed E-state index contributed by atoms with van der Waals surface area (Å²) in [5.41, 5.74) is 5.34. The van der Waals surface area contributed by atoms with Crippen molar-refractivity contribution >= 4 is 34.8 Å². The van der Waals surface area contributed by atoms with E-state index in [0.29, 0.717) is 54.4 Å². The third-order valence-corrected chi connectivity index (χ3v) is 8.33. The van der Waals surface area contributed by atoms with Gasteiger partial charge in [0, 0.05) is 32.1 Å². The number of aromatic amines is 1. The molecule has 0 aliphatic heterocycles. The molecule has 7 N–H and O–H groups in total. The third-order valence-electron chi connectivity index (χ3n) is 8.33. The van der Waals surface area contributed by atoms with E-state index in [9.17, 15) is 33.4 Å². The number of anilines is 2. The van der Waals surface area contributed by atoms with Gasteiger partial charge in [-0.25, -0.2) is 14.8 Å². The highest BCUT2D eigenvalue weighted by molar-refractivity contribution is 5.84. The first-order valence-electron chi connectivity index (χ1n) is 16.1. The van der Waals surface area contributed by atoms with E-state index in [2.05, 4.69) is 37.0 Å². The lowest BCUT2D eigenvalue weighted by atomic mass is 9.99. The fourth-order valence-corrected chi connectivity index (χ4v) is 5.65. The summed E-state index contributed by atoms with van der Waals surface area (Å²) in [6.45, 7) is 2.72. The lowest BCUT2D eigenvalue weighted by Crippen LogP contribution is -2.42. The number of amides is 1. The summed E-state index contributed by atoms with van der Waals surface area (Å²) in [5.74, 6) is -2.08. The molecule has 0 saturated heterocycles. The Morgan fingerprint density at radius 1 is 1.06 bits per heavy atom. The van der Waals surface area contributed by atoms with Crippen molar-refractivity contribution in [2.24, 2.45) is 0 Å². The van der Waals surface area contributed by atoms with Crippen molar-refractivity contribution in [1.82, 2.24) is 34.8 Å². The third kappa shape index (κ3) is 8.80. The van der Waals surface area contributed by atoms with Crippen LogP contribution in [-0.2, 0) is 22.6 Å². The number of carboxylic acids is 1. The number of aliphatic hydroxyl groups is 2. The maximum atomic E-state index is 12.0. The van der Waals surface area contributed by atoms with Crippen LogP contribution in [0.2, 0.25) is 0 Å². The maximum absolute atomic E-state index is 12.0. The van der Waals surface area contributed by atoms with E-state index in [0.717, 1.165) is 22.4 Å². The number of rotatable bonds is 11. The number of nitrogens with one attached hydrogen (secondary N) is 4. The molecule has 3 aromatic heterocycles. The second kappa shape index (κ2) is 16.3. The molecule has 1 aliphatic rings. The Balaban J connectivity index is 0.000000679. The molecule has 1 aliphatic carbocycles. The van der Waals surface area contributed by atoms with E-state index in [1.807, 2.05) is 48.7 Å². The number of carboxylic acid groups (broad SMARTS) is 1. The number of aliphatic carboxylic acids is 1. The van der Waals surface area contributed by atoms with E-state index in [4.69, 9.17) is 19.9 Å². The number of alkyl halides is 3. The molecule has 52 heavy (non-hydrogen) atoms. The number of aromatic nitrogens is 6. The molecule has 0 bridgehead atoms. The van der Waals surface area contributed by atoms with Gasteiger partial charge in [-0.3, -0.25) is 4.79 Å². The van der Waals surface area contributed by atoms with Crippen LogP contribution in [0.1, 0.15) is 42.6 Å². The Bertz CT molecular complexity index is 2030. The van der Waals surface area contributed by atoms with Crippen molar-refractivity contribution in [3.63, 3.8) is 0 Å². The second-order valence-corrected chi connectivity index (χ2v) is 11.8. The van der Waals surface area contributed by atoms with Crippen LogP contribution >= 0.6 is 0 Å². The van der Waals surface area contributed by atoms with Gasteiger partial charge in [-0.2, -0.15) is 28.4 Å². The normalized spacial score (nSPS) is 18.2. The van der Waals surface area contributed by atoms with Gasteiger partial charge < -0.3 is 40.8 Å². The van der Waals surface area contributed by atoms with Crippen LogP contribution in [0, 0.1) is 11.3 Å². The first-order valence-corrected chi connectivity index (χ1v) is 16.1. The molecule has 2 aromatic carbocycles. The zero-order chi connectivity index (χ0) is 37.4. The van der Waals surface area contributed by atoms with Crippen molar-refractivity contribution in [2.75, 3.05) is 17.2 Å². The number of nitriles is 1. The number of carbonyl (C=O) groups is 2. The molecule has 1 saturated carbocycles. The predicted octanol–water partition coefficient (Wildman–Crippen LogP) is 3.55. The van der Waals surface area contributed by atoms with E-state index >= 15 is 0 Å². The number of halogens is 3. The van der Waals surface area contributed by atoms with Crippen LogP contribution in [0.25, 0.3) is 22.3 Å². The molecule has 0 spiro atoms. The number of imidazole rings is 2. The van der Waals surface area contributed by atoms with Gasteiger partial charge >= 0.3 is 12.1 Å². The van der Waals surface area contributed by atoms with Gasteiger partial charge in [0.25, 0.3) is 0 Å². The van der Waals surface area contributed by atoms with Crippen LogP contribution in [0.5, 0.6) is 0 Å². The summed E-state index contributed by atoms with van der Waals surface area (Å²) >= 11 is 0. The van der Waals surface area contributed by atoms with Crippen molar-refractivity contribution in [2.45, 2.75) is 63.2 Å². The first-order chi connectivity index (χ1) is 24.9. The summed E-state index contributed by atoms with van der Waals surface area (Å²) < 4.78 is 33.5. The minimum atomic E-state index is -5.08. The Morgan fingerprint density at radius 3 is 2.44 bits per heavy atom. The fourth-order valence-electron chi connectivity index (χ4n) is 5.65. The van der Waals surface area contributed by atoms with Gasteiger partial charge in [-0.1, -0.05) is 49.4 Å². The van der Waals surface area contributed by atoms with E-state index < -0.39 is 36.4 Å². The highest BCUT2D eigenvalue weighted by atomic mass is 19.4. The first kappa shape index (κ1) is 37.2. The molecule has 0 unspecified atom stereocenters. The van der Waals surface area contributed by atoms with Crippen LogP contribution < -0.4 is 16.0 Å². The largest absolute Gasteiger partial charge is 0.490 e. The van der Waals surface area contributed by atoms with Crippen molar-refractivity contribution in [3.05, 3.63) is 84.2 Å². The van der Waals surface area contributed by atoms with Gasteiger partial charge in [0.1, 0.15) is 12.2 Å². The SMILES string of the molecule is CCC(=O)N[C@H]1C[C@@H](n2cnc3c(NCc4ccc(-c5ccccc5C#N)cc4)nc(NCCc4c[nH]cn4)nc32)[C@H](O)[C@@H]1O.O=C(O)C(F)(F)F. The molecule has 4 atom stereocenters. The predicted molar refractivity (Wildman–Crippen MR) is 182 cm³/mol. The van der Waals surface area contributed by atoms with Gasteiger partial charge in [-0.15, -0.1) is 0 Å². The van der Waals surface area contributed by atoms with Crippen molar-refractivity contribution in [3.8, 4) is 17.2 Å². The highest BCUT2D eigenvalue weighted by Gasteiger charge is 2.43. The van der Waals surface area contributed by atoms with E-state index in [1.165, 1.54) is 0 Å². The second-order valence-electron chi connectivity index (χ2n) is 11.8. The van der Waals surface area contributed by atoms with Gasteiger partial charge in [0.05, 0.1) is 42.1 Å². The molecule has 18 heteroatoms. The molecule has 5 aromatic rings. The molecular formula is C34H35F3N10O5. The van der Waals surface area contributed by atoms with Crippen LogP contribution in [0.15, 0.2) is 67.4 Å². The average molecular weight is 721 g/mol.